The van der Waals surface area contributed by atoms with Crippen LogP contribution in [0.5, 0.6) is 5.75 Å². The number of methoxy groups -OCH3 is 1. The molecular formula is C18H22N6O2. The van der Waals surface area contributed by atoms with Crippen molar-refractivity contribution in [1.29, 1.82) is 0 Å². The zero-order chi connectivity index (χ0) is 18.1. The highest BCUT2D eigenvalue weighted by molar-refractivity contribution is 5.76. The summed E-state index contributed by atoms with van der Waals surface area (Å²) < 4.78 is 5.23. The summed E-state index contributed by atoms with van der Waals surface area (Å²) in [6, 6.07) is 7.68. The lowest BCUT2D eigenvalue weighted by Gasteiger charge is -2.30. The Labute approximate surface area is 150 Å². The third-order valence-corrected chi connectivity index (χ3v) is 4.70. The number of nitrogens with two attached hydrogens (primary N) is 1. The Morgan fingerprint density at radius 3 is 2.88 bits per heavy atom. The van der Waals surface area contributed by atoms with Crippen LogP contribution in [-0.4, -0.2) is 44.8 Å². The van der Waals surface area contributed by atoms with Crippen molar-refractivity contribution in [2.45, 2.75) is 31.3 Å². The molecule has 8 heteroatoms. The number of aromatic nitrogens is 4. The van der Waals surface area contributed by atoms with Crippen LogP contribution in [0.2, 0.25) is 0 Å². The van der Waals surface area contributed by atoms with Crippen molar-refractivity contribution in [2.75, 3.05) is 24.7 Å². The van der Waals surface area contributed by atoms with E-state index in [1.54, 1.807) is 7.11 Å². The van der Waals surface area contributed by atoms with Gasteiger partial charge < -0.3 is 25.9 Å². The van der Waals surface area contributed by atoms with E-state index >= 15 is 0 Å². The molecule has 0 saturated heterocycles. The number of aromatic amines is 1. The van der Waals surface area contributed by atoms with Crippen molar-refractivity contribution in [3.63, 3.8) is 0 Å². The van der Waals surface area contributed by atoms with Crippen molar-refractivity contribution in [3.05, 3.63) is 35.8 Å². The van der Waals surface area contributed by atoms with Crippen LogP contribution in [0.4, 0.5) is 11.8 Å². The van der Waals surface area contributed by atoms with E-state index in [0.717, 1.165) is 47.6 Å². The third kappa shape index (κ3) is 3.41. The van der Waals surface area contributed by atoms with Gasteiger partial charge in [0.15, 0.2) is 0 Å². The predicted octanol–water partition coefficient (Wildman–Crippen LogP) is 1.84. The Bertz CT molecular complexity index is 919. The molecule has 4 rings (SSSR count). The highest BCUT2D eigenvalue weighted by Crippen LogP contribution is 2.36. The van der Waals surface area contributed by atoms with Gasteiger partial charge in [0, 0.05) is 31.0 Å². The third-order valence-electron chi connectivity index (χ3n) is 4.70. The number of nitrogens with zero attached hydrogens (tertiary/aromatic N) is 3. The summed E-state index contributed by atoms with van der Waals surface area (Å²) in [7, 11) is 1.65. The molecule has 1 aromatic carbocycles. The Morgan fingerprint density at radius 2 is 2.12 bits per heavy atom. The molecule has 5 N–H and O–H groups in total. The van der Waals surface area contributed by atoms with Crippen LogP contribution in [0.3, 0.4) is 0 Å². The van der Waals surface area contributed by atoms with Gasteiger partial charge in [-0.05, 0) is 25.0 Å². The molecule has 1 fully saturated rings. The molecule has 26 heavy (non-hydrogen) atoms. The highest BCUT2D eigenvalue weighted by atomic mass is 16.5. The van der Waals surface area contributed by atoms with Crippen LogP contribution in [0.1, 0.15) is 30.3 Å². The van der Waals surface area contributed by atoms with Gasteiger partial charge in [0.1, 0.15) is 17.4 Å². The number of benzene rings is 1. The number of H-pyrrole nitrogens is 1. The van der Waals surface area contributed by atoms with Gasteiger partial charge in [-0.25, -0.2) is 9.97 Å². The number of rotatable bonds is 6. The van der Waals surface area contributed by atoms with Gasteiger partial charge in [-0.1, -0.05) is 0 Å². The zero-order valence-corrected chi connectivity index (χ0v) is 14.6. The van der Waals surface area contributed by atoms with Crippen molar-refractivity contribution in [1.82, 2.24) is 19.9 Å². The average molecular weight is 354 g/mol. The maximum absolute atomic E-state index is 9.47. The molecule has 1 saturated carbocycles. The Morgan fingerprint density at radius 1 is 1.27 bits per heavy atom. The summed E-state index contributed by atoms with van der Waals surface area (Å²) in [6.45, 7) is 0.667. The lowest BCUT2D eigenvalue weighted by Crippen LogP contribution is -2.27. The van der Waals surface area contributed by atoms with Gasteiger partial charge >= 0.3 is 0 Å². The minimum Gasteiger partial charge on any atom is -0.497 e. The van der Waals surface area contributed by atoms with Crippen molar-refractivity contribution >= 4 is 22.8 Å². The molecule has 1 aliphatic carbocycles. The van der Waals surface area contributed by atoms with E-state index in [0.29, 0.717) is 12.4 Å². The maximum Gasteiger partial charge on any atom is 0.222 e. The van der Waals surface area contributed by atoms with E-state index < -0.39 is 0 Å². The molecule has 0 spiro atoms. The number of aliphatic hydroxyl groups excluding tert-OH is 1. The van der Waals surface area contributed by atoms with Gasteiger partial charge in [-0.15, -0.1) is 0 Å². The summed E-state index contributed by atoms with van der Waals surface area (Å²) in [5, 5.41) is 12.7. The Kier molecular flexibility index (Phi) is 4.34. The smallest absolute Gasteiger partial charge is 0.222 e. The number of fused-ring (bicyclic) bond motifs is 1. The van der Waals surface area contributed by atoms with Gasteiger partial charge in [0.2, 0.25) is 5.95 Å². The van der Waals surface area contributed by atoms with E-state index in [9.17, 15) is 5.11 Å². The van der Waals surface area contributed by atoms with E-state index in [1.807, 2.05) is 24.3 Å². The summed E-state index contributed by atoms with van der Waals surface area (Å²) in [4.78, 5) is 16.4. The first-order chi connectivity index (χ1) is 12.6. The monoisotopic (exact) mass is 354 g/mol. The number of anilines is 2. The fourth-order valence-electron chi connectivity index (χ4n) is 3.21. The van der Waals surface area contributed by atoms with Gasteiger partial charge in [-0.3, -0.25) is 0 Å². The number of nitrogen functional groups attached to an aromatic ring is 1. The minimum absolute atomic E-state index is 0.223. The Hall–Kier alpha value is -2.87. The molecule has 0 radical (unpaired) electrons. The standard InChI is InChI=1S/C18H22N6O2/c1-26-12-2-3-13-15(8-12)22-16(21-13)4-5-20-17-9-14(23-18(19)24-17)10-6-11(25)7-10/h2-3,8-11,25H,4-7H2,1H3,(H,21,22)(H3,19,20,23,24). The normalized spacial score (nSPS) is 19.3. The summed E-state index contributed by atoms with van der Waals surface area (Å²) in [5.41, 5.74) is 8.58. The first kappa shape index (κ1) is 16.6. The van der Waals surface area contributed by atoms with Crippen LogP contribution in [0.15, 0.2) is 24.3 Å². The number of nitrogens with one attached hydrogen (secondary N) is 2. The molecule has 0 amide bonds. The minimum atomic E-state index is -0.223. The summed E-state index contributed by atoms with van der Waals surface area (Å²) in [6.07, 6.45) is 1.97. The maximum atomic E-state index is 9.47. The topological polar surface area (TPSA) is 122 Å². The lowest BCUT2D eigenvalue weighted by atomic mass is 9.80. The molecule has 8 nitrogen and oxygen atoms in total. The number of imidazole rings is 1. The average Bonchev–Trinajstić information content (AvgIpc) is 3.00. The van der Waals surface area contributed by atoms with Crippen LogP contribution in [0.25, 0.3) is 11.0 Å². The van der Waals surface area contributed by atoms with E-state index in [4.69, 9.17) is 10.5 Å². The van der Waals surface area contributed by atoms with Crippen LogP contribution in [0, 0.1) is 0 Å². The van der Waals surface area contributed by atoms with Crippen molar-refractivity contribution in [2.24, 2.45) is 0 Å². The van der Waals surface area contributed by atoms with Gasteiger partial charge in [-0.2, -0.15) is 4.98 Å². The molecule has 3 aromatic rings. The predicted molar refractivity (Wildman–Crippen MR) is 99.3 cm³/mol. The van der Waals surface area contributed by atoms with Gasteiger partial charge in [0.05, 0.1) is 29.9 Å². The molecule has 0 aliphatic heterocycles. The zero-order valence-electron chi connectivity index (χ0n) is 14.6. The van der Waals surface area contributed by atoms with E-state index in [1.165, 1.54) is 0 Å². The number of hydrogen-bond donors (Lipinski definition) is 4. The van der Waals surface area contributed by atoms with Gasteiger partial charge in [0.25, 0.3) is 0 Å². The lowest BCUT2D eigenvalue weighted by molar-refractivity contribution is 0.0732. The Balaban J connectivity index is 1.40. The van der Waals surface area contributed by atoms with Crippen LogP contribution >= 0.6 is 0 Å². The number of aliphatic hydroxyl groups is 1. The first-order valence-corrected chi connectivity index (χ1v) is 8.70. The highest BCUT2D eigenvalue weighted by Gasteiger charge is 2.30. The molecule has 0 unspecified atom stereocenters. The fourth-order valence-corrected chi connectivity index (χ4v) is 3.21. The molecule has 136 valence electrons. The first-order valence-electron chi connectivity index (χ1n) is 8.70. The molecule has 0 atom stereocenters. The summed E-state index contributed by atoms with van der Waals surface area (Å²) in [5.74, 6) is 2.91. The van der Waals surface area contributed by atoms with Crippen molar-refractivity contribution < 1.29 is 9.84 Å². The van der Waals surface area contributed by atoms with E-state index in [-0.39, 0.29) is 18.0 Å². The summed E-state index contributed by atoms with van der Waals surface area (Å²) >= 11 is 0. The quantitative estimate of drug-likeness (QED) is 0.533. The fraction of sp³-hybridized carbons (Fsp3) is 0.389. The SMILES string of the molecule is COc1ccc2nc(CCNc3cc(C4CC(O)C4)nc(N)n3)[nH]c2c1. The number of hydrogen-bond acceptors (Lipinski definition) is 7. The molecule has 1 aliphatic rings. The molecule has 2 heterocycles. The second kappa shape index (κ2) is 6.80. The van der Waals surface area contributed by atoms with Crippen LogP contribution < -0.4 is 15.8 Å². The van der Waals surface area contributed by atoms with E-state index in [2.05, 4.69) is 25.3 Å². The second-order valence-electron chi connectivity index (χ2n) is 6.60. The second-order valence-corrected chi connectivity index (χ2v) is 6.60. The largest absolute Gasteiger partial charge is 0.497 e. The van der Waals surface area contributed by atoms with Crippen LogP contribution in [-0.2, 0) is 6.42 Å². The molecule has 2 aromatic heterocycles. The number of ether oxygens (including phenoxy) is 1. The molecular weight excluding hydrogens is 332 g/mol. The van der Waals surface area contributed by atoms with Crippen molar-refractivity contribution in [3.8, 4) is 5.75 Å². The molecule has 0 bridgehead atoms.